The van der Waals surface area contributed by atoms with Crippen molar-refractivity contribution in [1.29, 1.82) is 0 Å². The summed E-state index contributed by atoms with van der Waals surface area (Å²) in [7, 11) is 0. The first-order chi connectivity index (χ1) is 19.9. The summed E-state index contributed by atoms with van der Waals surface area (Å²) < 4.78 is 111. The Balaban J connectivity index is 1.75. The molecule has 0 spiro atoms. The van der Waals surface area contributed by atoms with Gasteiger partial charge in [0.05, 0.1) is 6.61 Å². The van der Waals surface area contributed by atoms with Crippen LogP contribution < -0.4 is 4.74 Å². The zero-order chi connectivity index (χ0) is 31.1. The van der Waals surface area contributed by atoms with Crippen LogP contribution in [-0.4, -0.2) is 66.9 Å². The maximum atomic E-state index is 14.1. The van der Waals surface area contributed by atoms with Crippen molar-refractivity contribution in [3.05, 3.63) is 42.2 Å². The predicted octanol–water partition coefficient (Wildman–Crippen LogP) is 8.50. The highest BCUT2D eigenvalue weighted by Crippen LogP contribution is 2.46. The van der Waals surface area contributed by atoms with Gasteiger partial charge in [-0.1, -0.05) is 52.4 Å². The normalized spacial score (nSPS) is 13.4. The number of aryl methyl sites for hydroxylation is 1. The lowest BCUT2D eigenvalue weighted by atomic mass is 10.1. The van der Waals surface area contributed by atoms with Gasteiger partial charge in [0.2, 0.25) is 0 Å². The SMILES string of the molecule is CCCCCCCCc1cnc(-c2ccc(OC[C@H](F)COCC(F)(F)C(F)(F)C(F)(F)COCCCC)cc2)nc1. The average Bonchev–Trinajstić information content (AvgIpc) is 2.96. The molecule has 2 rings (SSSR count). The number of unbranched alkanes of at least 4 members (excludes halogenated alkanes) is 6. The maximum Gasteiger partial charge on any atom is 0.376 e. The zero-order valence-electron chi connectivity index (χ0n) is 24.2. The van der Waals surface area contributed by atoms with E-state index in [4.69, 9.17) is 4.74 Å². The zero-order valence-corrected chi connectivity index (χ0v) is 24.2. The van der Waals surface area contributed by atoms with Crippen LogP contribution in [0.4, 0.5) is 30.7 Å². The topological polar surface area (TPSA) is 53.5 Å². The molecule has 1 heterocycles. The third kappa shape index (κ3) is 11.3. The van der Waals surface area contributed by atoms with Crippen LogP contribution in [0.2, 0.25) is 0 Å². The smallest absolute Gasteiger partial charge is 0.376 e. The molecule has 238 valence electrons. The molecule has 5 nitrogen and oxygen atoms in total. The number of nitrogens with zero attached hydrogens (tertiary/aromatic N) is 2. The van der Waals surface area contributed by atoms with Crippen molar-refractivity contribution in [3.8, 4) is 17.1 Å². The number of alkyl halides is 7. The quantitative estimate of drug-likeness (QED) is 0.0989. The first-order valence-corrected chi connectivity index (χ1v) is 14.4. The van der Waals surface area contributed by atoms with Crippen LogP contribution in [0.15, 0.2) is 36.7 Å². The summed E-state index contributed by atoms with van der Waals surface area (Å²) in [6, 6.07) is 6.40. The van der Waals surface area contributed by atoms with E-state index < -0.39 is 50.4 Å². The molecule has 2 aromatic rings. The molecule has 12 heteroatoms. The van der Waals surface area contributed by atoms with Crippen molar-refractivity contribution in [1.82, 2.24) is 9.97 Å². The number of ether oxygens (including phenoxy) is 3. The van der Waals surface area contributed by atoms with Gasteiger partial charge in [-0.15, -0.1) is 0 Å². The van der Waals surface area contributed by atoms with Gasteiger partial charge in [-0.3, -0.25) is 0 Å². The van der Waals surface area contributed by atoms with Crippen LogP contribution in [0.1, 0.15) is 70.8 Å². The minimum Gasteiger partial charge on any atom is -0.490 e. The fraction of sp³-hybridized carbons (Fsp3) is 0.667. The highest BCUT2D eigenvalue weighted by atomic mass is 19.3. The molecule has 0 amide bonds. The summed E-state index contributed by atoms with van der Waals surface area (Å²) in [5, 5.41) is 0. The van der Waals surface area contributed by atoms with Gasteiger partial charge in [0, 0.05) is 24.6 Å². The summed E-state index contributed by atoms with van der Waals surface area (Å²) in [6.07, 6.45) is 10.6. The van der Waals surface area contributed by atoms with E-state index in [-0.39, 0.29) is 12.4 Å². The Morgan fingerprint density at radius 2 is 1.29 bits per heavy atom. The van der Waals surface area contributed by atoms with Gasteiger partial charge in [0.25, 0.3) is 0 Å². The fourth-order valence-electron chi connectivity index (χ4n) is 3.89. The molecule has 0 aliphatic rings. The lowest BCUT2D eigenvalue weighted by Gasteiger charge is -2.32. The van der Waals surface area contributed by atoms with Crippen LogP contribution >= 0.6 is 0 Å². The summed E-state index contributed by atoms with van der Waals surface area (Å²) in [5.74, 6) is -15.4. The Bertz CT molecular complexity index is 1010. The third-order valence-electron chi connectivity index (χ3n) is 6.49. The van der Waals surface area contributed by atoms with Gasteiger partial charge in [-0.2, -0.15) is 26.3 Å². The van der Waals surface area contributed by atoms with Crippen molar-refractivity contribution in [3.63, 3.8) is 0 Å². The number of benzene rings is 1. The molecule has 0 saturated carbocycles. The molecule has 1 aromatic heterocycles. The van der Waals surface area contributed by atoms with Gasteiger partial charge >= 0.3 is 17.8 Å². The van der Waals surface area contributed by atoms with Gasteiger partial charge in [0.1, 0.15) is 25.6 Å². The Morgan fingerprint density at radius 3 is 1.90 bits per heavy atom. The summed E-state index contributed by atoms with van der Waals surface area (Å²) in [6.45, 7) is -2.02. The van der Waals surface area contributed by atoms with E-state index >= 15 is 0 Å². The molecule has 0 unspecified atom stereocenters. The minimum atomic E-state index is -5.76. The largest absolute Gasteiger partial charge is 0.490 e. The van der Waals surface area contributed by atoms with E-state index in [1.807, 2.05) is 0 Å². The van der Waals surface area contributed by atoms with Gasteiger partial charge in [0.15, 0.2) is 12.0 Å². The molecule has 1 atom stereocenters. The standard InChI is InChI=1S/C30H41F7N2O3/c1-3-5-7-8-9-10-11-23-17-38-27(39-18-23)24-12-14-26(15-13-24)42-20-25(31)19-41-22-29(34,35)30(36,37)28(32,33)21-40-16-6-4-2/h12-15,17-18,25H,3-11,16,19-22H2,1-2H3/t25-/m1/s1. The van der Waals surface area contributed by atoms with E-state index in [1.54, 1.807) is 31.5 Å². The second-order valence-corrected chi connectivity index (χ2v) is 10.3. The molecule has 0 N–H and O–H groups in total. The van der Waals surface area contributed by atoms with Gasteiger partial charge < -0.3 is 14.2 Å². The van der Waals surface area contributed by atoms with E-state index in [0.29, 0.717) is 24.2 Å². The van der Waals surface area contributed by atoms with Crippen LogP contribution in [0, 0.1) is 0 Å². The Morgan fingerprint density at radius 1 is 0.714 bits per heavy atom. The predicted molar refractivity (Wildman–Crippen MR) is 146 cm³/mol. The second-order valence-electron chi connectivity index (χ2n) is 10.3. The lowest BCUT2D eigenvalue weighted by molar-refractivity contribution is -0.329. The fourth-order valence-corrected chi connectivity index (χ4v) is 3.89. The van der Waals surface area contributed by atoms with Crippen LogP contribution in [-0.2, 0) is 15.9 Å². The Hall–Kier alpha value is -2.47. The van der Waals surface area contributed by atoms with Crippen LogP contribution in [0.3, 0.4) is 0 Å². The van der Waals surface area contributed by atoms with E-state index in [0.717, 1.165) is 18.4 Å². The number of halogens is 7. The monoisotopic (exact) mass is 610 g/mol. The van der Waals surface area contributed by atoms with Gasteiger partial charge in [-0.05, 0) is 49.1 Å². The summed E-state index contributed by atoms with van der Waals surface area (Å²) in [4.78, 5) is 8.78. The highest BCUT2D eigenvalue weighted by Gasteiger charge is 2.71. The number of hydrogen-bond acceptors (Lipinski definition) is 5. The van der Waals surface area contributed by atoms with E-state index in [9.17, 15) is 30.7 Å². The van der Waals surface area contributed by atoms with Crippen molar-refractivity contribution < 1.29 is 44.9 Å². The number of aromatic nitrogens is 2. The molecular formula is C30H41F7N2O3. The van der Waals surface area contributed by atoms with Crippen molar-refractivity contribution in [2.24, 2.45) is 0 Å². The second kappa shape index (κ2) is 17.6. The van der Waals surface area contributed by atoms with E-state index in [1.165, 1.54) is 44.2 Å². The molecule has 1 aromatic carbocycles. The average molecular weight is 611 g/mol. The first kappa shape index (κ1) is 35.7. The Kier molecular flexibility index (Phi) is 15.0. The van der Waals surface area contributed by atoms with E-state index in [2.05, 4.69) is 26.4 Å². The molecule has 42 heavy (non-hydrogen) atoms. The number of rotatable bonds is 22. The molecule has 0 aliphatic carbocycles. The third-order valence-corrected chi connectivity index (χ3v) is 6.49. The van der Waals surface area contributed by atoms with Crippen molar-refractivity contribution in [2.45, 2.75) is 95.6 Å². The number of hydrogen-bond donors (Lipinski definition) is 0. The van der Waals surface area contributed by atoms with Crippen LogP contribution in [0.5, 0.6) is 5.75 Å². The summed E-state index contributed by atoms with van der Waals surface area (Å²) in [5.41, 5.74) is 1.75. The summed E-state index contributed by atoms with van der Waals surface area (Å²) >= 11 is 0. The van der Waals surface area contributed by atoms with Crippen molar-refractivity contribution in [2.75, 3.05) is 33.0 Å². The van der Waals surface area contributed by atoms with Gasteiger partial charge in [-0.25, -0.2) is 14.4 Å². The van der Waals surface area contributed by atoms with Crippen LogP contribution in [0.25, 0.3) is 11.4 Å². The highest BCUT2D eigenvalue weighted by molar-refractivity contribution is 5.55. The molecule has 0 bridgehead atoms. The molecule has 0 radical (unpaired) electrons. The van der Waals surface area contributed by atoms with Crippen molar-refractivity contribution >= 4 is 0 Å². The molecule has 0 fully saturated rings. The molecule has 0 aliphatic heterocycles. The first-order valence-electron chi connectivity index (χ1n) is 14.4. The Labute approximate surface area is 243 Å². The maximum absolute atomic E-state index is 14.1. The molecular weight excluding hydrogens is 569 g/mol. The lowest BCUT2D eigenvalue weighted by Crippen LogP contribution is -2.58. The molecule has 0 saturated heterocycles. The minimum absolute atomic E-state index is 0.251.